The van der Waals surface area contributed by atoms with Crippen molar-refractivity contribution in [2.75, 3.05) is 6.61 Å². The molecule has 0 saturated carbocycles. The standard InChI is InChI=1S/C26H25N3O2/c1-5-31-23-12-8-9-20(18(23)3)13-14-24-28-22-11-7-6-10-21(22)26(30)29(24)25-17(2)15-16-27-19(25)4/h6-16H,5H2,1-4H3/b14-13+. The van der Waals surface area contributed by atoms with Gasteiger partial charge >= 0.3 is 0 Å². The summed E-state index contributed by atoms with van der Waals surface area (Å²) in [5, 5.41) is 0.580. The molecule has 4 aromatic rings. The number of pyridine rings is 1. The zero-order valence-corrected chi connectivity index (χ0v) is 18.2. The van der Waals surface area contributed by atoms with Crippen molar-refractivity contribution < 1.29 is 4.74 Å². The first-order chi connectivity index (χ1) is 15.0. The molecule has 0 aliphatic carbocycles. The van der Waals surface area contributed by atoms with Crippen LogP contribution in [0.4, 0.5) is 0 Å². The van der Waals surface area contributed by atoms with Gasteiger partial charge in [-0.25, -0.2) is 4.98 Å². The summed E-state index contributed by atoms with van der Waals surface area (Å²) in [4.78, 5) is 22.7. The van der Waals surface area contributed by atoms with Crippen molar-refractivity contribution in [3.63, 3.8) is 0 Å². The Labute approximate surface area is 181 Å². The van der Waals surface area contributed by atoms with Crippen molar-refractivity contribution in [2.24, 2.45) is 0 Å². The van der Waals surface area contributed by atoms with Crippen LogP contribution in [0.5, 0.6) is 5.75 Å². The lowest BCUT2D eigenvalue weighted by Gasteiger charge is -2.15. The average Bonchev–Trinajstić information content (AvgIpc) is 2.76. The number of nitrogens with zero attached hydrogens (tertiary/aromatic N) is 3. The van der Waals surface area contributed by atoms with Crippen LogP contribution in [0.2, 0.25) is 0 Å². The number of fused-ring (bicyclic) bond motifs is 1. The molecule has 0 radical (unpaired) electrons. The highest BCUT2D eigenvalue weighted by Crippen LogP contribution is 2.24. The van der Waals surface area contributed by atoms with E-state index in [1.165, 1.54) is 0 Å². The van der Waals surface area contributed by atoms with Crippen LogP contribution >= 0.6 is 0 Å². The van der Waals surface area contributed by atoms with Crippen LogP contribution in [0.3, 0.4) is 0 Å². The minimum atomic E-state index is -0.107. The Morgan fingerprint density at radius 3 is 2.58 bits per heavy atom. The van der Waals surface area contributed by atoms with E-state index < -0.39 is 0 Å². The topological polar surface area (TPSA) is 57.0 Å². The molecule has 0 N–H and O–H groups in total. The summed E-state index contributed by atoms with van der Waals surface area (Å²) in [6, 6.07) is 15.3. The van der Waals surface area contributed by atoms with Gasteiger partial charge in [-0.3, -0.25) is 14.3 Å². The molecule has 0 spiro atoms. The highest BCUT2D eigenvalue weighted by Gasteiger charge is 2.15. The summed E-state index contributed by atoms with van der Waals surface area (Å²) < 4.78 is 7.38. The predicted octanol–water partition coefficient (Wildman–Crippen LogP) is 5.28. The van der Waals surface area contributed by atoms with Crippen molar-refractivity contribution >= 4 is 23.1 Å². The molecule has 0 bridgehead atoms. The molecule has 0 aliphatic heterocycles. The van der Waals surface area contributed by atoms with Crippen molar-refractivity contribution in [2.45, 2.75) is 27.7 Å². The van der Waals surface area contributed by atoms with Crippen molar-refractivity contribution in [3.05, 3.63) is 93.3 Å². The molecule has 0 fully saturated rings. The number of ether oxygens (including phenoxy) is 1. The number of rotatable bonds is 5. The molecule has 5 nitrogen and oxygen atoms in total. The van der Waals surface area contributed by atoms with Gasteiger partial charge in [-0.1, -0.05) is 30.3 Å². The van der Waals surface area contributed by atoms with Gasteiger partial charge in [0.15, 0.2) is 0 Å². The highest BCUT2D eigenvalue weighted by molar-refractivity contribution is 5.80. The third-order valence-electron chi connectivity index (χ3n) is 5.37. The van der Waals surface area contributed by atoms with Gasteiger partial charge in [0, 0.05) is 6.20 Å². The minimum Gasteiger partial charge on any atom is -0.494 e. The number of hydrogen-bond acceptors (Lipinski definition) is 4. The van der Waals surface area contributed by atoms with Crippen LogP contribution in [0, 0.1) is 20.8 Å². The predicted molar refractivity (Wildman–Crippen MR) is 126 cm³/mol. The summed E-state index contributed by atoms with van der Waals surface area (Å²) in [5.74, 6) is 1.41. The smallest absolute Gasteiger partial charge is 0.266 e. The van der Waals surface area contributed by atoms with E-state index in [1.807, 2.05) is 88.4 Å². The first kappa shape index (κ1) is 20.5. The van der Waals surface area contributed by atoms with E-state index in [2.05, 4.69) is 4.98 Å². The summed E-state index contributed by atoms with van der Waals surface area (Å²) in [6.45, 7) is 8.50. The van der Waals surface area contributed by atoms with Gasteiger partial charge in [-0.2, -0.15) is 0 Å². The summed E-state index contributed by atoms with van der Waals surface area (Å²) in [7, 11) is 0. The zero-order valence-electron chi connectivity index (χ0n) is 18.2. The molecule has 2 heterocycles. The van der Waals surface area contributed by atoms with Gasteiger partial charge in [0.1, 0.15) is 11.6 Å². The second-order valence-electron chi connectivity index (χ2n) is 7.43. The molecule has 31 heavy (non-hydrogen) atoms. The molecule has 2 aromatic heterocycles. The number of benzene rings is 2. The lowest BCUT2D eigenvalue weighted by atomic mass is 10.1. The number of aromatic nitrogens is 3. The van der Waals surface area contributed by atoms with E-state index in [0.717, 1.165) is 33.8 Å². The normalized spacial score (nSPS) is 11.4. The summed E-state index contributed by atoms with van der Waals surface area (Å²) in [6.07, 6.45) is 5.62. The largest absolute Gasteiger partial charge is 0.494 e. The second kappa shape index (κ2) is 8.56. The fourth-order valence-electron chi connectivity index (χ4n) is 3.79. The van der Waals surface area contributed by atoms with Crippen molar-refractivity contribution in [3.8, 4) is 11.4 Å². The van der Waals surface area contributed by atoms with Gasteiger partial charge in [0.2, 0.25) is 0 Å². The van der Waals surface area contributed by atoms with Crippen molar-refractivity contribution in [1.82, 2.24) is 14.5 Å². The molecule has 0 aliphatic rings. The Kier molecular flexibility index (Phi) is 5.67. The van der Waals surface area contributed by atoms with Crippen LogP contribution in [-0.4, -0.2) is 21.1 Å². The van der Waals surface area contributed by atoms with Crippen molar-refractivity contribution in [1.29, 1.82) is 0 Å². The zero-order chi connectivity index (χ0) is 22.0. The molecule has 0 unspecified atom stereocenters. The van der Waals surface area contributed by atoms with Crippen LogP contribution in [-0.2, 0) is 0 Å². The van der Waals surface area contributed by atoms with Crippen LogP contribution in [0.1, 0.15) is 35.1 Å². The van der Waals surface area contributed by atoms with E-state index in [-0.39, 0.29) is 5.56 Å². The molecular formula is C26H25N3O2. The monoisotopic (exact) mass is 411 g/mol. The van der Waals surface area contributed by atoms with Gasteiger partial charge < -0.3 is 4.74 Å². The summed E-state index contributed by atoms with van der Waals surface area (Å²) in [5.41, 5.74) is 5.14. The Morgan fingerprint density at radius 1 is 1.00 bits per heavy atom. The highest BCUT2D eigenvalue weighted by atomic mass is 16.5. The Morgan fingerprint density at radius 2 is 1.81 bits per heavy atom. The number of aryl methyl sites for hydroxylation is 2. The molecule has 4 rings (SSSR count). The maximum Gasteiger partial charge on any atom is 0.266 e. The maximum absolute atomic E-state index is 13.5. The van der Waals surface area contributed by atoms with E-state index in [0.29, 0.717) is 23.3 Å². The first-order valence-electron chi connectivity index (χ1n) is 10.4. The molecular weight excluding hydrogens is 386 g/mol. The lowest BCUT2D eigenvalue weighted by molar-refractivity contribution is 0.338. The van der Waals surface area contributed by atoms with Crippen LogP contribution in [0.25, 0.3) is 28.7 Å². The molecule has 2 aromatic carbocycles. The van der Waals surface area contributed by atoms with Gasteiger partial charge in [-0.15, -0.1) is 0 Å². The molecule has 0 saturated heterocycles. The Hall–Kier alpha value is -3.73. The maximum atomic E-state index is 13.5. The third-order valence-corrected chi connectivity index (χ3v) is 5.37. The molecule has 0 atom stereocenters. The first-order valence-corrected chi connectivity index (χ1v) is 10.4. The third kappa shape index (κ3) is 3.87. The van der Waals surface area contributed by atoms with Crippen LogP contribution in [0.15, 0.2) is 59.5 Å². The number of para-hydroxylation sites is 1. The Bertz CT molecular complexity index is 1330. The fraction of sp³-hybridized carbons (Fsp3) is 0.192. The average molecular weight is 412 g/mol. The second-order valence-corrected chi connectivity index (χ2v) is 7.43. The van der Waals surface area contributed by atoms with E-state index in [4.69, 9.17) is 9.72 Å². The minimum absolute atomic E-state index is 0.107. The van der Waals surface area contributed by atoms with E-state index >= 15 is 0 Å². The Balaban J connectivity index is 1.95. The molecule has 0 amide bonds. The molecule has 156 valence electrons. The lowest BCUT2D eigenvalue weighted by Crippen LogP contribution is -2.24. The quantitative estimate of drug-likeness (QED) is 0.449. The number of hydrogen-bond donors (Lipinski definition) is 0. The summed E-state index contributed by atoms with van der Waals surface area (Å²) >= 11 is 0. The van der Waals surface area contributed by atoms with Crippen LogP contribution < -0.4 is 10.3 Å². The molecule has 5 heteroatoms. The SMILES string of the molecule is CCOc1cccc(/C=C/c2nc3ccccc3c(=O)n2-c2c(C)ccnc2C)c1C. The van der Waals surface area contributed by atoms with E-state index in [9.17, 15) is 4.79 Å². The van der Waals surface area contributed by atoms with Gasteiger partial charge in [0.05, 0.1) is 28.9 Å². The van der Waals surface area contributed by atoms with Gasteiger partial charge in [0.25, 0.3) is 5.56 Å². The van der Waals surface area contributed by atoms with Gasteiger partial charge in [-0.05, 0) is 74.7 Å². The van der Waals surface area contributed by atoms with E-state index in [1.54, 1.807) is 10.8 Å². The fourth-order valence-corrected chi connectivity index (χ4v) is 3.79.